The zero-order valence-corrected chi connectivity index (χ0v) is 17.2. The van der Waals surface area contributed by atoms with Crippen LogP contribution >= 0.6 is 23.1 Å². The molecule has 0 bridgehead atoms. The first-order valence-electron chi connectivity index (χ1n) is 8.90. The zero-order chi connectivity index (χ0) is 20.1. The van der Waals surface area contributed by atoms with Crippen molar-refractivity contribution in [2.75, 3.05) is 31.3 Å². The Balaban J connectivity index is 1.41. The molecule has 0 saturated carbocycles. The van der Waals surface area contributed by atoms with Crippen molar-refractivity contribution in [2.45, 2.75) is 16.8 Å². The fourth-order valence-corrected chi connectivity index (χ4v) is 4.45. The van der Waals surface area contributed by atoms with Crippen LogP contribution in [-0.4, -0.2) is 52.8 Å². The number of furan rings is 2. The maximum Gasteiger partial charge on any atom is 0.253 e. The lowest BCUT2D eigenvalue weighted by molar-refractivity contribution is -0.130. The predicted molar refractivity (Wildman–Crippen MR) is 109 cm³/mol. The highest BCUT2D eigenvalue weighted by Gasteiger charge is 2.35. The second kappa shape index (κ2) is 9.25. The first-order chi connectivity index (χ1) is 14.2. The number of rotatable bonds is 9. The molecule has 152 valence electrons. The molecule has 4 rings (SSSR count). The summed E-state index contributed by atoms with van der Waals surface area (Å²) in [6.07, 6.45) is 3.72. The molecule has 3 aromatic heterocycles. The molecule has 0 radical (unpaired) electrons. The minimum Gasteiger partial charge on any atom is -0.467 e. The molecule has 1 aliphatic heterocycles. The van der Waals surface area contributed by atoms with Gasteiger partial charge in [0.05, 0.1) is 24.9 Å². The Morgan fingerprint density at radius 1 is 1.34 bits per heavy atom. The maximum absolute atomic E-state index is 12.9. The first kappa shape index (κ1) is 19.7. The van der Waals surface area contributed by atoms with Crippen LogP contribution in [0.1, 0.15) is 24.0 Å². The highest BCUT2D eigenvalue weighted by molar-refractivity contribution is 8.01. The molecule has 9 nitrogen and oxygen atoms in total. The van der Waals surface area contributed by atoms with Crippen molar-refractivity contribution in [3.05, 3.63) is 48.3 Å². The van der Waals surface area contributed by atoms with Gasteiger partial charge in [-0.3, -0.25) is 4.79 Å². The zero-order valence-electron chi connectivity index (χ0n) is 15.6. The van der Waals surface area contributed by atoms with Crippen molar-refractivity contribution in [2.24, 2.45) is 5.10 Å². The number of anilines is 1. The number of hydrogen-bond acceptors (Lipinski definition) is 10. The summed E-state index contributed by atoms with van der Waals surface area (Å²) < 4.78 is 16.7. The second-order valence-corrected chi connectivity index (χ2v) is 8.28. The quantitative estimate of drug-likeness (QED) is 0.405. The molecule has 11 heteroatoms. The van der Waals surface area contributed by atoms with Gasteiger partial charge in [-0.15, -0.1) is 10.2 Å². The Morgan fingerprint density at radius 3 is 2.97 bits per heavy atom. The van der Waals surface area contributed by atoms with Crippen LogP contribution in [0.3, 0.4) is 0 Å². The predicted octanol–water partition coefficient (Wildman–Crippen LogP) is 3.25. The number of hydrazone groups is 1. The van der Waals surface area contributed by atoms with Crippen molar-refractivity contribution < 1.29 is 18.4 Å². The van der Waals surface area contributed by atoms with E-state index in [1.54, 1.807) is 31.8 Å². The number of nitrogens with one attached hydrogen (secondary N) is 1. The van der Waals surface area contributed by atoms with Crippen molar-refractivity contribution in [1.82, 2.24) is 15.2 Å². The lowest BCUT2D eigenvalue weighted by Gasteiger charge is -2.19. The molecule has 0 aliphatic carbocycles. The highest BCUT2D eigenvalue weighted by Crippen LogP contribution is 2.34. The topological polar surface area (TPSA) is 106 Å². The van der Waals surface area contributed by atoms with Gasteiger partial charge < -0.3 is 18.9 Å². The van der Waals surface area contributed by atoms with Gasteiger partial charge in [0.2, 0.25) is 5.13 Å². The maximum atomic E-state index is 12.9. The number of methoxy groups -OCH3 is 1. The van der Waals surface area contributed by atoms with Crippen LogP contribution in [0.5, 0.6) is 0 Å². The summed E-state index contributed by atoms with van der Waals surface area (Å²) in [6, 6.07) is 6.99. The Hall–Kier alpha value is -2.63. The third-order valence-electron chi connectivity index (χ3n) is 4.15. The lowest BCUT2D eigenvalue weighted by Crippen LogP contribution is -2.28. The molecule has 4 heterocycles. The van der Waals surface area contributed by atoms with Gasteiger partial charge in [0.15, 0.2) is 4.34 Å². The van der Waals surface area contributed by atoms with E-state index < -0.39 is 0 Å². The van der Waals surface area contributed by atoms with Gasteiger partial charge in [-0.1, -0.05) is 23.1 Å². The molecular weight excluding hydrogens is 414 g/mol. The largest absolute Gasteiger partial charge is 0.467 e. The van der Waals surface area contributed by atoms with Crippen LogP contribution in [0.15, 0.2) is 55.1 Å². The summed E-state index contributed by atoms with van der Waals surface area (Å²) in [7, 11) is 1.64. The van der Waals surface area contributed by atoms with Crippen LogP contribution in [0.25, 0.3) is 0 Å². The van der Waals surface area contributed by atoms with Crippen LogP contribution in [0, 0.1) is 0 Å². The lowest BCUT2D eigenvalue weighted by atomic mass is 10.1. The molecule has 1 N–H and O–H groups in total. The van der Waals surface area contributed by atoms with E-state index in [2.05, 4.69) is 20.6 Å². The molecule has 1 unspecified atom stereocenters. The number of carbonyl (C=O) groups is 1. The molecule has 1 amide bonds. The average Bonchev–Trinajstić information content (AvgIpc) is 3.52. The van der Waals surface area contributed by atoms with Crippen LogP contribution in [0.4, 0.5) is 5.13 Å². The number of carbonyl (C=O) groups excluding carboxylic acids is 1. The fourth-order valence-electron chi connectivity index (χ4n) is 2.82. The molecule has 0 spiro atoms. The van der Waals surface area contributed by atoms with E-state index in [-0.39, 0.29) is 17.7 Å². The third kappa shape index (κ3) is 4.69. The van der Waals surface area contributed by atoms with E-state index in [1.807, 2.05) is 12.1 Å². The average molecular weight is 434 g/mol. The van der Waals surface area contributed by atoms with Crippen molar-refractivity contribution in [3.8, 4) is 0 Å². The molecule has 1 atom stereocenters. The number of ether oxygens (including phenoxy) is 1. The van der Waals surface area contributed by atoms with E-state index in [9.17, 15) is 4.79 Å². The van der Waals surface area contributed by atoms with E-state index in [0.29, 0.717) is 40.6 Å². The van der Waals surface area contributed by atoms with E-state index in [0.717, 1.165) is 5.71 Å². The van der Waals surface area contributed by atoms with Crippen molar-refractivity contribution in [1.29, 1.82) is 0 Å². The van der Waals surface area contributed by atoms with Crippen molar-refractivity contribution in [3.63, 3.8) is 0 Å². The fraction of sp³-hybridized carbons (Fsp3) is 0.333. The van der Waals surface area contributed by atoms with Gasteiger partial charge in [0, 0.05) is 20.1 Å². The van der Waals surface area contributed by atoms with E-state index in [4.69, 9.17) is 13.6 Å². The summed E-state index contributed by atoms with van der Waals surface area (Å²) >= 11 is 2.73. The number of nitrogens with zero attached hydrogens (tertiary/aromatic N) is 4. The van der Waals surface area contributed by atoms with Crippen LogP contribution < -0.4 is 5.32 Å². The SMILES string of the molecule is COCCNc1nnc(SCC(=O)N2N=C(c3ccco3)CC2c2ccco2)s1. The second-order valence-electron chi connectivity index (χ2n) is 6.08. The Morgan fingerprint density at radius 2 is 2.21 bits per heavy atom. The Labute approximate surface area is 175 Å². The minimum atomic E-state index is -0.293. The molecule has 3 aromatic rings. The number of aromatic nitrogens is 2. The van der Waals surface area contributed by atoms with Gasteiger partial charge in [-0.2, -0.15) is 5.10 Å². The van der Waals surface area contributed by atoms with Crippen LogP contribution in [-0.2, 0) is 9.53 Å². The monoisotopic (exact) mass is 433 g/mol. The van der Waals surface area contributed by atoms with E-state index >= 15 is 0 Å². The standard InChI is InChI=1S/C18H19N5O4S2/c1-25-9-6-19-17-20-21-18(29-17)28-11-16(24)23-13(15-5-3-8-27-15)10-12(22-23)14-4-2-7-26-14/h2-5,7-8,13H,6,9-11H2,1H3,(H,19,20). The third-order valence-corrected chi connectivity index (χ3v) is 6.15. The molecule has 0 aromatic carbocycles. The Kier molecular flexibility index (Phi) is 6.27. The van der Waals surface area contributed by atoms with Gasteiger partial charge in [0.25, 0.3) is 5.91 Å². The number of hydrogen-bond donors (Lipinski definition) is 1. The van der Waals surface area contributed by atoms with Gasteiger partial charge in [-0.25, -0.2) is 5.01 Å². The van der Waals surface area contributed by atoms with Gasteiger partial charge in [-0.05, 0) is 24.3 Å². The van der Waals surface area contributed by atoms with Crippen LogP contribution in [0.2, 0.25) is 0 Å². The van der Waals surface area contributed by atoms with Gasteiger partial charge >= 0.3 is 0 Å². The summed E-state index contributed by atoms with van der Waals surface area (Å²) in [4.78, 5) is 12.9. The molecule has 29 heavy (non-hydrogen) atoms. The van der Waals surface area contributed by atoms with E-state index in [1.165, 1.54) is 28.1 Å². The van der Waals surface area contributed by atoms with Crippen molar-refractivity contribution >= 4 is 39.8 Å². The molecule has 0 fully saturated rings. The molecule has 1 aliphatic rings. The van der Waals surface area contributed by atoms with Gasteiger partial charge in [0.1, 0.15) is 23.3 Å². The Bertz CT molecular complexity index is 955. The summed E-state index contributed by atoms with van der Waals surface area (Å²) in [5.41, 5.74) is 0.718. The number of amides is 1. The smallest absolute Gasteiger partial charge is 0.253 e. The first-order valence-corrected chi connectivity index (χ1v) is 10.7. The summed E-state index contributed by atoms with van der Waals surface area (Å²) in [6.45, 7) is 1.23. The highest BCUT2D eigenvalue weighted by atomic mass is 32.2. The number of thioether (sulfide) groups is 1. The molecular formula is C18H19N5O4S2. The molecule has 0 saturated heterocycles. The summed E-state index contributed by atoms with van der Waals surface area (Å²) in [5, 5.41) is 18.0. The summed E-state index contributed by atoms with van der Waals surface area (Å²) in [5.74, 6) is 1.40. The minimum absolute atomic E-state index is 0.137. The normalized spacial score (nSPS) is 16.2.